The Morgan fingerprint density at radius 1 is 0.900 bits per heavy atom. The van der Waals surface area contributed by atoms with Crippen LogP contribution in [0.5, 0.6) is 0 Å². The molecule has 1 aliphatic heterocycles. The molecule has 0 saturated carbocycles. The maximum absolute atomic E-state index is 12.6. The van der Waals surface area contributed by atoms with E-state index in [1.807, 2.05) is 39.0 Å². The summed E-state index contributed by atoms with van der Waals surface area (Å²) in [6, 6.07) is 16.0. The molecule has 2 aromatic rings. The van der Waals surface area contributed by atoms with Gasteiger partial charge in [-0.3, -0.25) is 9.59 Å². The predicted octanol–water partition coefficient (Wildman–Crippen LogP) is 4.07. The van der Waals surface area contributed by atoms with E-state index in [4.69, 9.17) is 4.84 Å². The molecule has 0 bridgehead atoms. The molecular weight excluding hydrogens is 380 g/mol. The van der Waals surface area contributed by atoms with Crippen molar-refractivity contribution >= 4 is 23.3 Å². The Morgan fingerprint density at radius 3 is 2.03 bits per heavy atom. The van der Waals surface area contributed by atoms with Crippen molar-refractivity contribution in [3.05, 3.63) is 65.7 Å². The van der Waals surface area contributed by atoms with Crippen LogP contribution in [-0.4, -0.2) is 35.8 Å². The highest BCUT2D eigenvalue weighted by Gasteiger charge is 2.30. The molecular formula is C24H28N2O4. The summed E-state index contributed by atoms with van der Waals surface area (Å²) >= 11 is 0. The standard InChI is InChI=1S/C24H28N2O4/c1-24(2,3)23(29)30-26-15-13-19(14-16-26)22(28)25-20-11-9-18(10-12-20)21(27)17-7-5-4-6-8-17/h4-12,19H,13-16H2,1-3H3,(H,25,28). The van der Waals surface area contributed by atoms with Crippen LogP contribution in [0.3, 0.4) is 0 Å². The number of benzene rings is 2. The molecule has 30 heavy (non-hydrogen) atoms. The summed E-state index contributed by atoms with van der Waals surface area (Å²) in [7, 11) is 0. The minimum atomic E-state index is -0.553. The minimum Gasteiger partial charge on any atom is -0.367 e. The Bertz CT molecular complexity index is 893. The number of hydroxylamine groups is 2. The molecule has 0 spiro atoms. The third kappa shape index (κ3) is 5.54. The Kier molecular flexibility index (Phi) is 6.67. The highest BCUT2D eigenvalue weighted by atomic mass is 16.7. The molecule has 1 heterocycles. The van der Waals surface area contributed by atoms with Gasteiger partial charge in [-0.25, -0.2) is 4.79 Å². The van der Waals surface area contributed by atoms with Crippen LogP contribution in [0.25, 0.3) is 0 Å². The predicted molar refractivity (Wildman–Crippen MR) is 115 cm³/mol. The Hall–Kier alpha value is -2.99. The zero-order valence-corrected chi connectivity index (χ0v) is 17.7. The molecule has 0 aliphatic carbocycles. The third-order valence-electron chi connectivity index (χ3n) is 5.10. The van der Waals surface area contributed by atoms with Crippen molar-refractivity contribution in [3.8, 4) is 0 Å². The molecule has 0 aromatic heterocycles. The zero-order valence-electron chi connectivity index (χ0n) is 17.7. The second-order valence-corrected chi connectivity index (χ2v) is 8.59. The van der Waals surface area contributed by atoms with Crippen LogP contribution in [0.4, 0.5) is 5.69 Å². The van der Waals surface area contributed by atoms with Crippen molar-refractivity contribution in [2.45, 2.75) is 33.6 Å². The van der Waals surface area contributed by atoms with E-state index in [2.05, 4.69) is 5.32 Å². The molecule has 1 fully saturated rings. The first kappa shape index (κ1) is 21.7. The maximum atomic E-state index is 12.6. The van der Waals surface area contributed by atoms with Crippen molar-refractivity contribution in [3.63, 3.8) is 0 Å². The molecule has 3 rings (SSSR count). The third-order valence-corrected chi connectivity index (χ3v) is 5.10. The molecule has 0 radical (unpaired) electrons. The quantitative estimate of drug-likeness (QED) is 0.755. The first-order valence-electron chi connectivity index (χ1n) is 10.2. The summed E-state index contributed by atoms with van der Waals surface area (Å²) in [5.74, 6) is -0.514. The maximum Gasteiger partial charge on any atom is 0.330 e. The zero-order chi connectivity index (χ0) is 21.7. The van der Waals surface area contributed by atoms with Gasteiger partial charge in [0.25, 0.3) is 0 Å². The summed E-state index contributed by atoms with van der Waals surface area (Å²) < 4.78 is 0. The number of anilines is 1. The molecule has 1 aliphatic rings. The number of amides is 1. The van der Waals surface area contributed by atoms with Gasteiger partial charge >= 0.3 is 5.97 Å². The lowest BCUT2D eigenvalue weighted by atomic mass is 9.96. The molecule has 1 N–H and O–H groups in total. The topological polar surface area (TPSA) is 75.7 Å². The average molecular weight is 408 g/mol. The number of nitrogens with one attached hydrogen (secondary N) is 1. The van der Waals surface area contributed by atoms with E-state index in [1.54, 1.807) is 41.5 Å². The molecule has 1 amide bonds. The number of ketones is 1. The Balaban J connectivity index is 1.51. The van der Waals surface area contributed by atoms with Crippen LogP contribution in [0.1, 0.15) is 49.5 Å². The van der Waals surface area contributed by atoms with Crippen LogP contribution in [-0.2, 0) is 14.4 Å². The molecule has 6 nitrogen and oxygen atoms in total. The van der Waals surface area contributed by atoms with Gasteiger partial charge in [0.1, 0.15) is 0 Å². The Labute approximate surface area is 177 Å². The fraction of sp³-hybridized carbons (Fsp3) is 0.375. The van der Waals surface area contributed by atoms with Gasteiger partial charge in [0.2, 0.25) is 5.91 Å². The van der Waals surface area contributed by atoms with Crippen molar-refractivity contribution in [2.24, 2.45) is 11.3 Å². The van der Waals surface area contributed by atoms with E-state index in [0.717, 1.165) is 0 Å². The first-order valence-corrected chi connectivity index (χ1v) is 10.2. The number of hydrogen-bond acceptors (Lipinski definition) is 5. The van der Waals surface area contributed by atoms with Crippen LogP contribution >= 0.6 is 0 Å². The summed E-state index contributed by atoms with van der Waals surface area (Å²) in [5.41, 5.74) is 1.31. The highest BCUT2D eigenvalue weighted by Crippen LogP contribution is 2.23. The number of hydrogen-bond donors (Lipinski definition) is 1. The summed E-state index contributed by atoms with van der Waals surface area (Å²) in [4.78, 5) is 42.5. The molecule has 6 heteroatoms. The monoisotopic (exact) mass is 408 g/mol. The number of nitrogens with zero attached hydrogens (tertiary/aromatic N) is 1. The van der Waals surface area contributed by atoms with Gasteiger partial charge in [0.15, 0.2) is 5.78 Å². The van der Waals surface area contributed by atoms with E-state index in [0.29, 0.717) is 42.7 Å². The lowest BCUT2D eigenvalue weighted by molar-refractivity contribution is -0.205. The van der Waals surface area contributed by atoms with Crippen LogP contribution < -0.4 is 5.32 Å². The van der Waals surface area contributed by atoms with Gasteiger partial charge in [-0.1, -0.05) is 30.3 Å². The van der Waals surface area contributed by atoms with E-state index in [1.165, 1.54) is 0 Å². The van der Waals surface area contributed by atoms with Gasteiger partial charge in [-0.15, -0.1) is 5.06 Å². The van der Waals surface area contributed by atoms with E-state index >= 15 is 0 Å². The fourth-order valence-corrected chi connectivity index (χ4v) is 3.17. The van der Waals surface area contributed by atoms with Gasteiger partial charge in [-0.2, -0.15) is 0 Å². The highest BCUT2D eigenvalue weighted by molar-refractivity contribution is 6.09. The van der Waals surface area contributed by atoms with Crippen molar-refractivity contribution in [1.29, 1.82) is 0 Å². The van der Waals surface area contributed by atoms with Crippen LogP contribution in [0.15, 0.2) is 54.6 Å². The van der Waals surface area contributed by atoms with E-state index < -0.39 is 5.41 Å². The number of piperidine rings is 1. The molecule has 158 valence electrons. The second-order valence-electron chi connectivity index (χ2n) is 8.59. The largest absolute Gasteiger partial charge is 0.367 e. The Morgan fingerprint density at radius 2 is 1.47 bits per heavy atom. The molecule has 0 atom stereocenters. The van der Waals surface area contributed by atoms with E-state index in [-0.39, 0.29) is 23.6 Å². The fourth-order valence-electron chi connectivity index (χ4n) is 3.17. The van der Waals surface area contributed by atoms with Crippen LogP contribution in [0.2, 0.25) is 0 Å². The number of carbonyl (C=O) groups is 3. The second kappa shape index (κ2) is 9.22. The lowest BCUT2D eigenvalue weighted by Crippen LogP contribution is -2.41. The van der Waals surface area contributed by atoms with Crippen molar-refractivity contribution < 1.29 is 19.2 Å². The summed E-state index contributed by atoms with van der Waals surface area (Å²) in [6.45, 7) is 6.51. The smallest absolute Gasteiger partial charge is 0.330 e. The van der Waals surface area contributed by atoms with Gasteiger partial charge < -0.3 is 10.2 Å². The molecule has 2 aromatic carbocycles. The van der Waals surface area contributed by atoms with Crippen molar-refractivity contribution in [2.75, 3.05) is 18.4 Å². The van der Waals surface area contributed by atoms with E-state index in [9.17, 15) is 14.4 Å². The molecule has 1 saturated heterocycles. The normalized spacial score (nSPS) is 15.4. The first-order chi connectivity index (χ1) is 14.2. The summed E-state index contributed by atoms with van der Waals surface area (Å²) in [5, 5.41) is 4.56. The SMILES string of the molecule is CC(C)(C)C(=O)ON1CCC(C(=O)Nc2ccc(C(=O)c3ccccc3)cc2)CC1. The van der Waals surface area contributed by atoms with Gasteiger partial charge in [0.05, 0.1) is 5.41 Å². The number of carbonyl (C=O) groups excluding carboxylic acids is 3. The van der Waals surface area contributed by atoms with Crippen LogP contribution in [0, 0.1) is 11.3 Å². The minimum absolute atomic E-state index is 0.0503. The molecule has 0 unspecified atom stereocenters. The van der Waals surface area contributed by atoms with Gasteiger partial charge in [-0.05, 0) is 57.9 Å². The average Bonchev–Trinajstić information content (AvgIpc) is 2.74. The summed E-state index contributed by atoms with van der Waals surface area (Å²) in [6.07, 6.45) is 1.24. The van der Waals surface area contributed by atoms with Gasteiger partial charge in [0, 0.05) is 35.8 Å². The lowest BCUT2D eigenvalue weighted by Gasteiger charge is -2.31. The number of rotatable bonds is 5. The van der Waals surface area contributed by atoms with Crippen molar-refractivity contribution in [1.82, 2.24) is 5.06 Å².